The van der Waals surface area contributed by atoms with Crippen molar-refractivity contribution in [1.29, 1.82) is 0 Å². The summed E-state index contributed by atoms with van der Waals surface area (Å²) in [5.41, 5.74) is 8.26. The molecule has 0 aliphatic heterocycles. The maximum absolute atomic E-state index is 11.3. The van der Waals surface area contributed by atoms with Crippen LogP contribution in [0.1, 0.15) is 12.1 Å². The molecule has 0 bridgehead atoms. The highest BCUT2D eigenvalue weighted by Gasteiger charge is 2.10. The van der Waals surface area contributed by atoms with E-state index < -0.39 is 6.04 Å². The largest absolute Gasteiger partial charge is 0.354 e. The molecular weight excluding hydrogens is 210 g/mol. The summed E-state index contributed by atoms with van der Waals surface area (Å²) in [5, 5.41) is 4.66. The number of hydrogen-bond donors (Lipinski definition) is 2. The van der Waals surface area contributed by atoms with Gasteiger partial charge in [-0.1, -0.05) is 0 Å². The van der Waals surface area contributed by atoms with Crippen LogP contribution >= 0.6 is 11.3 Å². The van der Waals surface area contributed by atoms with Crippen molar-refractivity contribution < 1.29 is 4.79 Å². The molecule has 0 aromatic carbocycles. The zero-order valence-electron chi connectivity index (χ0n) is 8.27. The third kappa shape index (κ3) is 4.11. The van der Waals surface area contributed by atoms with Gasteiger partial charge >= 0.3 is 0 Å². The van der Waals surface area contributed by atoms with Crippen molar-refractivity contribution in [1.82, 2.24) is 10.3 Å². The van der Waals surface area contributed by atoms with Gasteiger partial charge in [-0.15, -0.1) is 23.7 Å². The number of nitrogens with one attached hydrogen (secondary N) is 1. The molecule has 1 aromatic heterocycles. The molecule has 0 spiro atoms. The number of carbonyl (C=O) groups excluding carboxylic acids is 1. The van der Waals surface area contributed by atoms with E-state index in [0.717, 1.165) is 12.1 Å². The van der Waals surface area contributed by atoms with Crippen LogP contribution in [0.2, 0.25) is 0 Å². The Bertz CT molecular complexity index is 342. The van der Waals surface area contributed by atoms with Crippen molar-refractivity contribution in [2.75, 3.05) is 6.54 Å². The average Bonchev–Trinajstić information content (AvgIpc) is 2.71. The minimum absolute atomic E-state index is 0.205. The topological polar surface area (TPSA) is 68.0 Å². The predicted molar refractivity (Wildman–Crippen MR) is 60.3 cm³/mol. The van der Waals surface area contributed by atoms with E-state index in [1.807, 2.05) is 5.38 Å². The Labute approximate surface area is 92.9 Å². The molecule has 0 fully saturated rings. The number of terminal acetylenes is 1. The van der Waals surface area contributed by atoms with Crippen LogP contribution in [0.3, 0.4) is 0 Å². The summed E-state index contributed by atoms with van der Waals surface area (Å²) < 4.78 is 0. The Hall–Kier alpha value is -1.38. The summed E-state index contributed by atoms with van der Waals surface area (Å²) in [5.74, 6) is 2.15. The molecule has 0 radical (unpaired) electrons. The molecule has 1 amide bonds. The van der Waals surface area contributed by atoms with Crippen molar-refractivity contribution in [3.05, 3.63) is 16.6 Å². The van der Waals surface area contributed by atoms with E-state index in [1.165, 1.54) is 11.3 Å². The molecule has 1 rings (SSSR count). The number of thiazole rings is 1. The van der Waals surface area contributed by atoms with Crippen molar-refractivity contribution in [2.45, 2.75) is 18.9 Å². The number of rotatable bonds is 5. The van der Waals surface area contributed by atoms with Crippen LogP contribution in [0.5, 0.6) is 0 Å². The summed E-state index contributed by atoms with van der Waals surface area (Å²) >= 11 is 1.54. The average molecular weight is 223 g/mol. The van der Waals surface area contributed by atoms with E-state index >= 15 is 0 Å². The second-order valence-electron chi connectivity index (χ2n) is 3.04. The fourth-order valence-electron chi connectivity index (χ4n) is 1.03. The highest BCUT2D eigenvalue weighted by Crippen LogP contribution is 2.00. The van der Waals surface area contributed by atoms with E-state index in [1.54, 1.807) is 5.51 Å². The van der Waals surface area contributed by atoms with Crippen molar-refractivity contribution in [2.24, 2.45) is 5.73 Å². The molecule has 1 aromatic rings. The highest BCUT2D eigenvalue weighted by molar-refractivity contribution is 7.07. The van der Waals surface area contributed by atoms with Crippen molar-refractivity contribution >= 4 is 17.2 Å². The molecular formula is C10H13N3OS. The Kier molecular flexibility index (Phi) is 4.81. The lowest BCUT2D eigenvalue weighted by atomic mass is 10.2. The Morgan fingerprint density at radius 3 is 3.20 bits per heavy atom. The third-order valence-corrected chi connectivity index (χ3v) is 2.47. The van der Waals surface area contributed by atoms with Gasteiger partial charge in [0.15, 0.2) is 0 Å². The molecule has 4 nitrogen and oxygen atoms in total. The van der Waals surface area contributed by atoms with Crippen molar-refractivity contribution in [3.8, 4) is 12.3 Å². The van der Waals surface area contributed by atoms with E-state index in [2.05, 4.69) is 16.2 Å². The van der Waals surface area contributed by atoms with Crippen LogP contribution < -0.4 is 11.1 Å². The molecule has 0 aliphatic rings. The molecule has 5 heteroatoms. The van der Waals surface area contributed by atoms with Crippen LogP contribution in [0.15, 0.2) is 10.9 Å². The summed E-state index contributed by atoms with van der Waals surface area (Å²) in [4.78, 5) is 15.4. The molecule has 80 valence electrons. The zero-order valence-corrected chi connectivity index (χ0v) is 9.09. The Balaban J connectivity index is 2.20. The summed E-state index contributed by atoms with van der Waals surface area (Å²) in [6.45, 7) is 0.542. The van der Waals surface area contributed by atoms with Gasteiger partial charge in [0.1, 0.15) is 0 Å². The SMILES string of the molecule is C#CCC(N)C(=O)NCCc1cscn1. The van der Waals surface area contributed by atoms with Crippen molar-refractivity contribution in [3.63, 3.8) is 0 Å². The Morgan fingerprint density at radius 2 is 2.60 bits per heavy atom. The molecule has 1 heterocycles. The van der Waals surface area contributed by atoms with Gasteiger partial charge in [0.2, 0.25) is 5.91 Å². The molecule has 15 heavy (non-hydrogen) atoms. The first-order valence-electron chi connectivity index (χ1n) is 4.58. The maximum atomic E-state index is 11.3. The number of nitrogens with two attached hydrogens (primary N) is 1. The normalized spacial score (nSPS) is 11.7. The number of hydrogen-bond acceptors (Lipinski definition) is 4. The predicted octanol–water partition coefficient (Wildman–Crippen LogP) is 0.152. The van der Waals surface area contributed by atoms with Crippen LogP contribution in [0, 0.1) is 12.3 Å². The molecule has 3 N–H and O–H groups in total. The van der Waals surface area contributed by atoms with E-state index in [9.17, 15) is 4.79 Å². The summed E-state index contributed by atoms with van der Waals surface area (Å²) in [6.07, 6.45) is 6.04. The smallest absolute Gasteiger partial charge is 0.237 e. The fourth-order valence-corrected chi connectivity index (χ4v) is 1.62. The van der Waals surface area contributed by atoms with Gasteiger partial charge in [0.25, 0.3) is 0 Å². The van der Waals surface area contributed by atoms with Gasteiger partial charge in [-0.3, -0.25) is 4.79 Å². The highest BCUT2D eigenvalue weighted by atomic mass is 32.1. The second kappa shape index (κ2) is 6.17. The molecule has 0 saturated carbocycles. The first-order chi connectivity index (χ1) is 7.24. The monoisotopic (exact) mass is 223 g/mol. The van der Waals surface area contributed by atoms with Crippen LogP contribution in [-0.2, 0) is 11.2 Å². The van der Waals surface area contributed by atoms with Gasteiger partial charge in [-0.05, 0) is 0 Å². The second-order valence-corrected chi connectivity index (χ2v) is 3.75. The van der Waals surface area contributed by atoms with Gasteiger partial charge in [0.05, 0.1) is 17.2 Å². The maximum Gasteiger partial charge on any atom is 0.237 e. The lowest BCUT2D eigenvalue weighted by Crippen LogP contribution is -2.41. The first-order valence-corrected chi connectivity index (χ1v) is 5.52. The lowest BCUT2D eigenvalue weighted by molar-refractivity contribution is -0.122. The van der Waals surface area contributed by atoms with Gasteiger partial charge in [-0.25, -0.2) is 4.98 Å². The first kappa shape index (κ1) is 11.7. The minimum atomic E-state index is -0.606. The van der Waals surface area contributed by atoms with Gasteiger partial charge in [-0.2, -0.15) is 0 Å². The molecule has 0 saturated heterocycles. The number of amides is 1. The fraction of sp³-hybridized carbons (Fsp3) is 0.400. The zero-order chi connectivity index (χ0) is 11.1. The standard InChI is InChI=1S/C10H13N3OS/c1-2-3-9(11)10(14)12-5-4-8-6-15-7-13-8/h1,6-7,9H,3-5,11H2,(H,12,14). The number of aromatic nitrogens is 1. The van der Waals surface area contributed by atoms with E-state index in [-0.39, 0.29) is 12.3 Å². The minimum Gasteiger partial charge on any atom is -0.354 e. The van der Waals surface area contributed by atoms with Gasteiger partial charge in [0, 0.05) is 24.8 Å². The van der Waals surface area contributed by atoms with E-state index in [0.29, 0.717) is 6.54 Å². The summed E-state index contributed by atoms with van der Waals surface area (Å²) in [7, 11) is 0. The number of nitrogens with zero attached hydrogens (tertiary/aromatic N) is 1. The lowest BCUT2D eigenvalue weighted by Gasteiger charge is -2.08. The third-order valence-electron chi connectivity index (χ3n) is 1.84. The Morgan fingerprint density at radius 1 is 1.80 bits per heavy atom. The molecule has 0 aliphatic carbocycles. The summed E-state index contributed by atoms with van der Waals surface area (Å²) in [6, 6.07) is -0.606. The quantitative estimate of drug-likeness (QED) is 0.698. The van der Waals surface area contributed by atoms with Crippen LogP contribution in [-0.4, -0.2) is 23.5 Å². The molecule has 1 atom stereocenters. The van der Waals surface area contributed by atoms with E-state index in [4.69, 9.17) is 12.2 Å². The van der Waals surface area contributed by atoms with Gasteiger partial charge < -0.3 is 11.1 Å². The van der Waals surface area contributed by atoms with Crippen LogP contribution in [0.25, 0.3) is 0 Å². The number of carbonyl (C=O) groups is 1. The van der Waals surface area contributed by atoms with Crippen LogP contribution in [0.4, 0.5) is 0 Å². The molecule has 1 unspecified atom stereocenters.